The number of aliphatic hydroxyl groups is 3. The minimum absolute atomic E-state index is 0.137. The van der Waals surface area contributed by atoms with E-state index in [0.717, 1.165) is 62.7 Å². The van der Waals surface area contributed by atoms with Crippen LogP contribution in [-0.2, 0) is 4.74 Å². The molecule has 4 nitrogen and oxygen atoms in total. The van der Waals surface area contributed by atoms with Gasteiger partial charge in [-0.2, -0.15) is 0 Å². The molecule has 0 bridgehead atoms. The molecule has 0 amide bonds. The van der Waals surface area contributed by atoms with Crippen LogP contribution >= 0.6 is 0 Å². The van der Waals surface area contributed by atoms with Gasteiger partial charge in [0.05, 0.1) is 23.4 Å². The van der Waals surface area contributed by atoms with Crippen LogP contribution in [-0.4, -0.2) is 45.3 Å². The molecule has 4 heteroatoms. The van der Waals surface area contributed by atoms with E-state index in [2.05, 4.69) is 53.3 Å². The van der Waals surface area contributed by atoms with E-state index < -0.39 is 17.8 Å². The summed E-state index contributed by atoms with van der Waals surface area (Å²) in [6.07, 6.45) is 16.0. The number of unbranched alkanes of at least 4 members (excludes halogenated alkanes) is 1. The summed E-state index contributed by atoms with van der Waals surface area (Å²) >= 11 is 0. The first-order valence-electron chi connectivity index (χ1n) is 14.8. The number of hydrogen-bond acceptors (Lipinski definition) is 4. The van der Waals surface area contributed by atoms with E-state index in [1.807, 2.05) is 0 Å². The number of hydrogen-bond donors (Lipinski definition) is 3. The fourth-order valence-corrected chi connectivity index (χ4v) is 7.92. The topological polar surface area (TPSA) is 69.9 Å². The highest BCUT2D eigenvalue weighted by Gasteiger charge is 2.55. The van der Waals surface area contributed by atoms with Crippen molar-refractivity contribution >= 4 is 0 Å². The van der Waals surface area contributed by atoms with E-state index in [4.69, 9.17) is 4.74 Å². The molecule has 0 heterocycles. The van der Waals surface area contributed by atoms with Crippen LogP contribution in [0.2, 0.25) is 0 Å². The van der Waals surface area contributed by atoms with Gasteiger partial charge in [-0.05, 0) is 106 Å². The van der Waals surface area contributed by atoms with Crippen LogP contribution in [0.3, 0.4) is 0 Å². The Balaban J connectivity index is 1.74. The largest absolute Gasteiger partial charge is 0.393 e. The third-order valence-electron chi connectivity index (χ3n) is 10.3. The van der Waals surface area contributed by atoms with Crippen LogP contribution < -0.4 is 0 Å². The molecule has 0 unspecified atom stereocenters. The van der Waals surface area contributed by atoms with Crippen molar-refractivity contribution in [3.8, 4) is 0 Å². The van der Waals surface area contributed by atoms with Crippen LogP contribution in [0, 0.1) is 17.3 Å². The molecule has 3 aliphatic rings. The first-order chi connectivity index (χ1) is 17.0. The summed E-state index contributed by atoms with van der Waals surface area (Å²) in [6.45, 7) is 16.0. The van der Waals surface area contributed by atoms with E-state index in [-0.39, 0.29) is 11.0 Å². The van der Waals surface area contributed by atoms with E-state index in [9.17, 15) is 15.3 Å². The van der Waals surface area contributed by atoms with Gasteiger partial charge in [-0.3, -0.25) is 0 Å². The predicted octanol–water partition coefficient (Wildman–Crippen LogP) is 7.03. The molecule has 0 radical (unpaired) electrons. The third-order valence-corrected chi connectivity index (χ3v) is 10.3. The molecule has 0 spiro atoms. The van der Waals surface area contributed by atoms with E-state index in [1.165, 1.54) is 31.3 Å². The minimum Gasteiger partial charge on any atom is -0.393 e. The van der Waals surface area contributed by atoms with Crippen molar-refractivity contribution in [2.45, 2.75) is 141 Å². The molecule has 0 saturated heterocycles. The zero-order valence-corrected chi connectivity index (χ0v) is 23.8. The molecule has 36 heavy (non-hydrogen) atoms. The normalized spacial score (nSPS) is 35.3. The molecule has 3 rings (SSSR count). The van der Waals surface area contributed by atoms with Gasteiger partial charge in [0.2, 0.25) is 0 Å². The second-order valence-corrected chi connectivity index (χ2v) is 12.5. The number of fused-ring (bicyclic) bond motifs is 1. The highest BCUT2D eigenvalue weighted by atomic mass is 16.5. The summed E-state index contributed by atoms with van der Waals surface area (Å²) in [5, 5.41) is 31.1. The van der Waals surface area contributed by atoms with Gasteiger partial charge >= 0.3 is 0 Å². The number of rotatable bonds is 11. The van der Waals surface area contributed by atoms with Crippen molar-refractivity contribution in [2.24, 2.45) is 17.3 Å². The van der Waals surface area contributed by atoms with E-state index in [1.54, 1.807) is 0 Å². The monoisotopic (exact) mass is 502 g/mol. The number of aliphatic hydroxyl groups excluding tert-OH is 2. The average Bonchev–Trinajstić information content (AvgIpc) is 3.21. The maximum absolute atomic E-state index is 10.7. The van der Waals surface area contributed by atoms with Gasteiger partial charge in [-0.25, -0.2) is 0 Å². The summed E-state index contributed by atoms with van der Waals surface area (Å²) < 4.78 is 6.58. The molecular weight excluding hydrogens is 448 g/mol. The minimum atomic E-state index is -0.636. The third kappa shape index (κ3) is 6.37. The smallest absolute Gasteiger partial charge is 0.0811 e. The van der Waals surface area contributed by atoms with Crippen LogP contribution in [0.25, 0.3) is 0 Å². The van der Waals surface area contributed by atoms with Crippen LogP contribution in [0.15, 0.2) is 35.5 Å². The Labute approximate surface area is 220 Å². The molecule has 3 aliphatic carbocycles. The highest BCUT2D eigenvalue weighted by Crippen LogP contribution is 2.61. The molecule has 206 valence electrons. The second-order valence-electron chi connectivity index (χ2n) is 12.5. The maximum Gasteiger partial charge on any atom is 0.0811 e. The molecule has 3 N–H and O–H groups in total. The molecule has 0 aromatic rings. The Bertz CT molecular complexity index is 809. The van der Waals surface area contributed by atoms with Crippen molar-refractivity contribution in [1.29, 1.82) is 0 Å². The molecule has 3 fully saturated rings. The predicted molar refractivity (Wildman–Crippen MR) is 149 cm³/mol. The van der Waals surface area contributed by atoms with Crippen molar-refractivity contribution in [3.05, 3.63) is 35.5 Å². The van der Waals surface area contributed by atoms with Gasteiger partial charge in [0.1, 0.15) is 0 Å². The maximum atomic E-state index is 10.7. The van der Waals surface area contributed by atoms with Crippen molar-refractivity contribution < 1.29 is 20.1 Å². The van der Waals surface area contributed by atoms with Gasteiger partial charge in [-0.1, -0.05) is 57.9 Å². The van der Waals surface area contributed by atoms with Crippen LogP contribution in [0.4, 0.5) is 0 Å². The molecule has 0 aromatic heterocycles. The van der Waals surface area contributed by atoms with Crippen LogP contribution in [0.1, 0.15) is 118 Å². The molecule has 3 saturated carbocycles. The summed E-state index contributed by atoms with van der Waals surface area (Å²) in [4.78, 5) is 0. The van der Waals surface area contributed by atoms with E-state index in [0.29, 0.717) is 24.7 Å². The molecule has 0 aliphatic heterocycles. The summed E-state index contributed by atoms with van der Waals surface area (Å²) in [5.74, 6) is 1.08. The number of ether oxygens (including phenoxy) is 1. The molecule has 6 atom stereocenters. The lowest BCUT2D eigenvalue weighted by Crippen LogP contribution is -2.47. The Kier molecular flexibility index (Phi) is 10.1. The highest BCUT2D eigenvalue weighted by molar-refractivity contribution is 5.38. The van der Waals surface area contributed by atoms with Crippen molar-refractivity contribution in [1.82, 2.24) is 0 Å². The van der Waals surface area contributed by atoms with Crippen LogP contribution in [0.5, 0.6) is 0 Å². The SMILES string of the molecule is C=C1/C(=C\C=C2/CCC[C@@]3(C)[C@H]2CC[C@@H]3[C@](C)(CCCCC(O)(CC)CC)OCC)C[C@@H](O)C[C@@H]1O. The standard InChI is InChI=1S/C32H54O4/c1-7-32(35,8-2)20-11-10-19-31(6,36-9-3)29-17-16-27-24(13-12-18-30(27,29)5)14-15-25-21-26(33)22-28(34)23(25)4/h14-15,26-29,33-35H,4,7-13,16-22H2,1-3,5-6H3/b24-14+,25-15-/t26-,27+,28+,29+,30+,31+/m1/s1. The van der Waals surface area contributed by atoms with Crippen molar-refractivity contribution in [2.75, 3.05) is 6.61 Å². The fourth-order valence-electron chi connectivity index (χ4n) is 7.92. The Morgan fingerprint density at radius 1 is 1.08 bits per heavy atom. The molecular formula is C32H54O4. The van der Waals surface area contributed by atoms with Crippen molar-refractivity contribution in [3.63, 3.8) is 0 Å². The van der Waals surface area contributed by atoms with E-state index >= 15 is 0 Å². The Hall–Kier alpha value is -0.940. The van der Waals surface area contributed by atoms with Gasteiger partial charge in [-0.15, -0.1) is 0 Å². The zero-order chi connectivity index (χ0) is 26.6. The fraction of sp³-hybridized carbons (Fsp3) is 0.812. The van der Waals surface area contributed by atoms with Gasteiger partial charge in [0.25, 0.3) is 0 Å². The quantitative estimate of drug-likeness (QED) is 0.265. The van der Waals surface area contributed by atoms with Gasteiger partial charge < -0.3 is 20.1 Å². The summed E-state index contributed by atoms with van der Waals surface area (Å²) in [7, 11) is 0. The summed E-state index contributed by atoms with van der Waals surface area (Å²) in [5.41, 5.74) is 2.86. The lowest BCUT2D eigenvalue weighted by molar-refractivity contribution is -0.113. The lowest BCUT2D eigenvalue weighted by Gasteiger charge is -2.49. The Morgan fingerprint density at radius 3 is 2.44 bits per heavy atom. The average molecular weight is 503 g/mol. The molecule has 0 aromatic carbocycles. The van der Waals surface area contributed by atoms with Gasteiger partial charge in [0, 0.05) is 13.0 Å². The first-order valence-corrected chi connectivity index (χ1v) is 14.8. The number of allylic oxidation sites excluding steroid dienone is 3. The lowest BCUT2D eigenvalue weighted by atomic mass is 9.59. The summed E-state index contributed by atoms with van der Waals surface area (Å²) in [6, 6.07) is 0. The Morgan fingerprint density at radius 2 is 1.78 bits per heavy atom. The zero-order valence-electron chi connectivity index (χ0n) is 23.8. The van der Waals surface area contributed by atoms with Gasteiger partial charge in [0.15, 0.2) is 0 Å². The second kappa shape index (κ2) is 12.3. The first kappa shape index (κ1) is 29.6.